The number of aromatic nitrogens is 3. The van der Waals surface area contributed by atoms with E-state index in [9.17, 15) is 14.3 Å². The highest BCUT2D eigenvalue weighted by Gasteiger charge is 2.20. The number of aromatic hydroxyl groups is 1. The molecule has 2 aromatic heterocycles. The summed E-state index contributed by atoms with van der Waals surface area (Å²) in [5, 5.41) is 14.8. The molecule has 7 heteroatoms. The number of hydrogen-bond acceptors (Lipinski definition) is 5. The molecule has 4 aromatic rings. The molecule has 0 aliphatic heterocycles. The maximum atomic E-state index is 13.0. The zero-order valence-electron chi connectivity index (χ0n) is 13.1. The SMILES string of the molecule is Cc1ccc2[nH]c(=O)c(-c3nc(-c4ccc(F)cc4)no3)c(O)c2c1. The maximum absolute atomic E-state index is 13.0. The van der Waals surface area contributed by atoms with Crippen molar-refractivity contribution in [1.82, 2.24) is 15.1 Å². The van der Waals surface area contributed by atoms with Gasteiger partial charge in [0, 0.05) is 10.9 Å². The number of nitrogens with one attached hydrogen (secondary N) is 1. The van der Waals surface area contributed by atoms with E-state index in [1.807, 2.05) is 13.0 Å². The van der Waals surface area contributed by atoms with Crippen molar-refractivity contribution in [2.75, 3.05) is 0 Å². The van der Waals surface area contributed by atoms with Crippen molar-refractivity contribution in [2.24, 2.45) is 0 Å². The second-order valence-electron chi connectivity index (χ2n) is 5.66. The Balaban J connectivity index is 1.88. The van der Waals surface area contributed by atoms with E-state index in [1.165, 1.54) is 24.3 Å². The lowest BCUT2D eigenvalue weighted by molar-refractivity contribution is 0.426. The Labute approximate surface area is 140 Å². The summed E-state index contributed by atoms with van der Waals surface area (Å²) < 4.78 is 18.2. The number of H-pyrrole nitrogens is 1. The van der Waals surface area contributed by atoms with Crippen LogP contribution in [-0.2, 0) is 0 Å². The standard InChI is InChI=1S/C18H12FN3O3/c1-9-2-7-13-12(8-9)15(23)14(17(24)20-13)18-21-16(22-25-18)10-3-5-11(19)6-4-10/h2-8H,1H3,(H2,20,23,24). The minimum Gasteiger partial charge on any atom is -0.506 e. The third-order valence-electron chi connectivity index (χ3n) is 3.88. The summed E-state index contributed by atoms with van der Waals surface area (Å²) in [5.74, 6) is -0.525. The molecule has 0 fully saturated rings. The highest BCUT2D eigenvalue weighted by molar-refractivity contribution is 5.90. The summed E-state index contributed by atoms with van der Waals surface area (Å²) in [7, 11) is 0. The van der Waals surface area contributed by atoms with Crippen LogP contribution >= 0.6 is 0 Å². The largest absolute Gasteiger partial charge is 0.506 e. The Morgan fingerprint density at radius 2 is 1.92 bits per heavy atom. The molecule has 0 atom stereocenters. The average molecular weight is 337 g/mol. The number of benzene rings is 2. The molecule has 0 radical (unpaired) electrons. The molecular formula is C18H12FN3O3. The van der Waals surface area contributed by atoms with Crippen LogP contribution in [0.4, 0.5) is 4.39 Å². The van der Waals surface area contributed by atoms with Crippen molar-refractivity contribution in [3.05, 3.63) is 64.2 Å². The molecule has 4 rings (SSSR count). The Kier molecular flexibility index (Phi) is 3.35. The van der Waals surface area contributed by atoms with Crippen LogP contribution in [0, 0.1) is 12.7 Å². The van der Waals surface area contributed by atoms with Gasteiger partial charge in [-0.1, -0.05) is 16.8 Å². The van der Waals surface area contributed by atoms with Crippen molar-refractivity contribution in [2.45, 2.75) is 6.92 Å². The van der Waals surface area contributed by atoms with Gasteiger partial charge >= 0.3 is 0 Å². The third-order valence-corrected chi connectivity index (χ3v) is 3.88. The predicted molar refractivity (Wildman–Crippen MR) is 89.7 cm³/mol. The van der Waals surface area contributed by atoms with Gasteiger partial charge in [-0.25, -0.2) is 4.39 Å². The lowest BCUT2D eigenvalue weighted by Crippen LogP contribution is -2.09. The smallest absolute Gasteiger partial charge is 0.267 e. The van der Waals surface area contributed by atoms with Crippen LogP contribution in [-0.4, -0.2) is 20.2 Å². The van der Waals surface area contributed by atoms with E-state index in [1.54, 1.807) is 12.1 Å². The number of hydrogen-bond donors (Lipinski definition) is 2. The van der Waals surface area contributed by atoms with Gasteiger partial charge in [-0.2, -0.15) is 4.98 Å². The zero-order valence-corrected chi connectivity index (χ0v) is 13.1. The number of nitrogens with zero attached hydrogens (tertiary/aromatic N) is 2. The summed E-state index contributed by atoms with van der Waals surface area (Å²) >= 11 is 0. The van der Waals surface area contributed by atoms with Crippen LogP contribution in [0.2, 0.25) is 0 Å². The lowest BCUT2D eigenvalue weighted by atomic mass is 10.1. The van der Waals surface area contributed by atoms with Crippen LogP contribution in [0.5, 0.6) is 5.75 Å². The number of fused-ring (bicyclic) bond motifs is 1. The van der Waals surface area contributed by atoms with Crippen LogP contribution in [0.25, 0.3) is 33.7 Å². The molecule has 0 bridgehead atoms. The first-order chi connectivity index (χ1) is 12.0. The quantitative estimate of drug-likeness (QED) is 0.585. The fraction of sp³-hybridized carbons (Fsp3) is 0.0556. The van der Waals surface area contributed by atoms with Crippen molar-refractivity contribution < 1.29 is 14.0 Å². The van der Waals surface area contributed by atoms with E-state index < -0.39 is 5.56 Å². The van der Waals surface area contributed by atoms with Crippen LogP contribution < -0.4 is 5.56 Å². The van der Waals surface area contributed by atoms with Crippen LogP contribution in [0.1, 0.15) is 5.56 Å². The van der Waals surface area contributed by atoms with Crippen LogP contribution in [0.15, 0.2) is 51.8 Å². The van der Waals surface area contributed by atoms with E-state index in [4.69, 9.17) is 4.52 Å². The second kappa shape index (κ2) is 5.55. The summed E-state index contributed by atoms with van der Waals surface area (Å²) in [6.07, 6.45) is 0. The third kappa shape index (κ3) is 2.55. The Hall–Kier alpha value is -3.48. The topological polar surface area (TPSA) is 92.0 Å². The Morgan fingerprint density at radius 3 is 2.68 bits per heavy atom. The molecule has 0 spiro atoms. The maximum Gasteiger partial charge on any atom is 0.267 e. The molecule has 25 heavy (non-hydrogen) atoms. The summed E-state index contributed by atoms with van der Waals surface area (Å²) in [4.78, 5) is 19.2. The van der Waals surface area contributed by atoms with Gasteiger partial charge in [0.05, 0.1) is 5.52 Å². The summed E-state index contributed by atoms with van der Waals surface area (Å²) in [6, 6.07) is 10.8. The molecule has 2 heterocycles. The zero-order chi connectivity index (χ0) is 17.6. The molecule has 0 amide bonds. The van der Waals surface area contributed by atoms with Crippen LogP contribution in [0.3, 0.4) is 0 Å². The molecule has 0 saturated heterocycles. The van der Waals surface area contributed by atoms with E-state index >= 15 is 0 Å². The van der Waals surface area contributed by atoms with Gasteiger partial charge in [-0.3, -0.25) is 4.79 Å². The van der Waals surface area contributed by atoms with Gasteiger partial charge < -0.3 is 14.6 Å². The molecule has 6 nitrogen and oxygen atoms in total. The fourth-order valence-corrected chi connectivity index (χ4v) is 2.63. The van der Waals surface area contributed by atoms with E-state index in [0.29, 0.717) is 16.5 Å². The number of aryl methyl sites for hydroxylation is 1. The van der Waals surface area contributed by atoms with E-state index in [-0.39, 0.29) is 28.8 Å². The average Bonchev–Trinajstić information content (AvgIpc) is 3.06. The van der Waals surface area contributed by atoms with Gasteiger partial charge in [0.1, 0.15) is 17.1 Å². The number of rotatable bonds is 2. The van der Waals surface area contributed by atoms with Crippen molar-refractivity contribution in [3.8, 4) is 28.6 Å². The summed E-state index contributed by atoms with van der Waals surface area (Å²) in [5.41, 5.74) is 1.33. The van der Waals surface area contributed by atoms with Gasteiger partial charge in [0.2, 0.25) is 5.82 Å². The molecular weight excluding hydrogens is 325 g/mol. The predicted octanol–water partition coefficient (Wildman–Crippen LogP) is 3.40. The molecule has 2 aromatic carbocycles. The molecule has 0 aliphatic carbocycles. The van der Waals surface area contributed by atoms with Crippen molar-refractivity contribution >= 4 is 10.9 Å². The molecule has 124 valence electrons. The molecule has 0 saturated carbocycles. The first-order valence-corrected chi connectivity index (χ1v) is 7.48. The van der Waals surface area contributed by atoms with Crippen molar-refractivity contribution in [1.29, 1.82) is 0 Å². The van der Waals surface area contributed by atoms with Gasteiger partial charge in [0.25, 0.3) is 11.4 Å². The highest BCUT2D eigenvalue weighted by atomic mass is 19.1. The minimum absolute atomic E-state index is 0.0982. The van der Waals surface area contributed by atoms with Gasteiger partial charge in [-0.15, -0.1) is 0 Å². The first-order valence-electron chi connectivity index (χ1n) is 7.48. The minimum atomic E-state index is -0.539. The Morgan fingerprint density at radius 1 is 1.16 bits per heavy atom. The lowest BCUT2D eigenvalue weighted by Gasteiger charge is -2.05. The normalized spacial score (nSPS) is 11.1. The number of pyridine rings is 1. The number of halogens is 1. The first kappa shape index (κ1) is 15.1. The van der Waals surface area contributed by atoms with Crippen molar-refractivity contribution in [3.63, 3.8) is 0 Å². The molecule has 0 unspecified atom stereocenters. The summed E-state index contributed by atoms with van der Waals surface area (Å²) in [6.45, 7) is 1.88. The van der Waals surface area contributed by atoms with E-state index in [2.05, 4.69) is 15.1 Å². The second-order valence-corrected chi connectivity index (χ2v) is 5.66. The van der Waals surface area contributed by atoms with Gasteiger partial charge in [-0.05, 0) is 43.3 Å². The monoisotopic (exact) mass is 337 g/mol. The highest BCUT2D eigenvalue weighted by Crippen LogP contribution is 2.32. The van der Waals surface area contributed by atoms with E-state index in [0.717, 1.165) is 5.56 Å². The molecule has 2 N–H and O–H groups in total. The van der Waals surface area contributed by atoms with Gasteiger partial charge in [0.15, 0.2) is 0 Å². The number of aromatic amines is 1. The Bertz CT molecular complexity index is 1150. The molecule has 0 aliphatic rings. The fourth-order valence-electron chi connectivity index (χ4n) is 2.63.